The first-order valence-electron chi connectivity index (χ1n) is 6.26. The molecule has 0 fully saturated rings. The normalized spacial score (nSPS) is 11.3. The van der Waals surface area contributed by atoms with E-state index in [1.165, 1.54) is 7.11 Å². The number of ether oxygens (including phenoxy) is 1. The molecule has 0 aromatic heterocycles. The molecular weight excluding hydrogens is 280 g/mol. The number of hydrogen-bond acceptors (Lipinski definition) is 3. The van der Waals surface area contributed by atoms with E-state index in [1.54, 1.807) is 0 Å². The van der Waals surface area contributed by atoms with Crippen molar-refractivity contribution in [3.05, 3.63) is 35.4 Å². The first-order chi connectivity index (χ1) is 9.97. The smallest absolute Gasteiger partial charge is 0.328 e. The Balaban J connectivity index is 2.79. The van der Waals surface area contributed by atoms with Gasteiger partial charge in [0.25, 0.3) is 5.91 Å². The third-order valence-electron chi connectivity index (χ3n) is 2.73. The molecule has 0 saturated carbocycles. The molecule has 0 radical (unpaired) electrons. The Bertz CT molecular complexity index is 546. The zero-order valence-electron chi connectivity index (χ0n) is 11.5. The first-order valence-corrected chi connectivity index (χ1v) is 6.26. The molecule has 1 aromatic rings. The molecule has 0 aliphatic rings. The van der Waals surface area contributed by atoms with Crippen molar-refractivity contribution in [1.29, 1.82) is 0 Å². The molecule has 0 saturated heterocycles. The zero-order chi connectivity index (χ0) is 15.8. The van der Waals surface area contributed by atoms with E-state index in [1.807, 2.05) is 0 Å². The van der Waals surface area contributed by atoms with Crippen molar-refractivity contribution in [1.82, 2.24) is 5.32 Å². The number of carbonyl (C=O) groups is 2. The van der Waals surface area contributed by atoms with E-state index in [2.05, 4.69) is 16.0 Å². The summed E-state index contributed by atoms with van der Waals surface area (Å²) in [7, 11) is 1.19. The van der Waals surface area contributed by atoms with Gasteiger partial charge in [0.1, 0.15) is 17.7 Å². The maximum absolute atomic E-state index is 13.1. The minimum atomic E-state index is -0.915. The van der Waals surface area contributed by atoms with Gasteiger partial charge in [0.2, 0.25) is 0 Å². The van der Waals surface area contributed by atoms with Crippen LogP contribution in [-0.4, -0.2) is 25.0 Å². The summed E-state index contributed by atoms with van der Waals surface area (Å²) in [6, 6.07) is 1.51. The Labute approximate surface area is 121 Å². The summed E-state index contributed by atoms with van der Waals surface area (Å²) in [6.07, 6.45) is 6.34. The summed E-state index contributed by atoms with van der Waals surface area (Å²) in [5, 5.41) is 2.38. The summed E-state index contributed by atoms with van der Waals surface area (Å²) in [5.41, 5.74) is -0.210. The fourth-order valence-corrected chi connectivity index (χ4v) is 1.73. The summed E-state index contributed by atoms with van der Waals surface area (Å²) in [6.45, 7) is 0. The highest BCUT2D eigenvalue weighted by Crippen LogP contribution is 2.09. The highest BCUT2D eigenvalue weighted by molar-refractivity contribution is 5.96. The summed E-state index contributed by atoms with van der Waals surface area (Å²) < 4.78 is 30.7. The van der Waals surface area contributed by atoms with Crippen molar-refractivity contribution < 1.29 is 23.1 Å². The van der Waals surface area contributed by atoms with Crippen LogP contribution in [0.1, 0.15) is 29.6 Å². The molecule has 0 heterocycles. The Morgan fingerprint density at radius 3 is 2.48 bits per heavy atom. The lowest BCUT2D eigenvalue weighted by Crippen LogP contribution is -2.41. The van der Waals surface area contributed by atoms with Gasteiger partial charge < -0.3 is 10.1 Å². The fraction of sp³-hybridized carbons (Fsp3) is 0.333. The Morgan fingerprint density at radius 2 is 1.95 bits per heavy atom. The minimum absolute atomic E-state index is 0.210. The van der Waals surface area contributed by atoms with Crippen LogP contribution in [0.3, 0.4) is 0 Å². The van der Waals surface area contributed by atoms with Gasteiger partial charge in [0.15, 0.2) is 0 Å². The molecule has 0 aliphatic carbocycles. The average Bonchev–Trinajstić information content (AvgIpc) is 2.44. The number of nitrogens with one attached hydrogen (secondary N) is 1. The predicted molar refractivity (Wildman–Crippen MR) is 72.3 cm³/mol. The van der Waals surface area contributed by atoms with E-state index in [0.717, 1.165) is 12.1 Å². The van der Waals surface area contributed by atoms with Gasteiger partial charge >= 0.3 is 5.97 Å². The standard InChI is InChI=1S/C15H15F2NO3/c1-3-4-5-6-13(15(20)21-2)18-14(19)10-7-11(16)9-12(17)8-10/h1,7-9,13H,4-6H2,2H3,(H,18,19)/t13-/m1/s1. The number of benzene rings is 1. The lowest BCUT2D eigenvalue weighted by Gasteiger charge is -2.16. The molecule has 112 valence electrons. The summed E-state index contributed by atoms with van der Waals surface area (Å²) in [4.78, 5) is 23.5. The first kappa shape index (κ1) is 16.6. The van der Waals surface area contributed by atoms with Crippen molar-refractivity contribution in [2.24, 2.45) is 0 Å². The van der Waals surface area contributed by atoms with E-state index >= 15 is 0 Å². The number of esters is 1. The molecule has 0 unspecified atom stereocenters. The third kappa shape index (κ3) is 5.22. The second kappa shape index (κ2) is 8.00. The lowest BCUT2D eigenvalue weighted by atomic mass is 10.1. The molecule has 6 heteroatoms. The Hall–Kier alpha value is -2.42. The molecule has 21 heavy (non-hydrogen) atoms. The molecule has 1 aromatic carbocycles. The van der Waals surface area contributed by atoms with Gasteiger partial charge in [-0.2, -0.15) is 0 Å². The largest absolute Gasteiger partial charge is 0.467 e. The van der Waals surface area contributed by atoms with Crippen LogP contribution in [0, 0.1) is 24.0 Å². The van der Waals surface area contributed by atoms with Gasteiger partial charge in [-0.15, -0.1) is 12.3 Å². The molecule has 1 amide bonds. The number of halogens is 2. The zero-order valence-corrected chi connectivity index (χ0v) is 11.5. The van der Waals surface area contributed by atoms with Gasteiger partial charge in [-0.3, -0.25) is 4.79 Å². The Kier molecular flexibility index (Phi) is 6.34. The van der Waals surface area contributed by atoms with Crippen LogP contribution in [0.15, 0.2) is 18.2 Å². The van der Waals surface area contributed by atoms with Crippen molar-refractivity contribution >= 4 is 11.9 Å². The molecule has 0 aliphatic heterocycles. The maximum Gasteiger partial charge on any atom is 0.328 e. The fourth-order valence-electron chi connectivity index (χ4n) is 1.73. The van der Waals surface area contributed by atoms with E-state index in [4.69, 9.17) is 6.42 Å². The second-order valence-electron chi connectivity index (χ2n) is 4.30. The summed E-state index contributed by atoms with van der Waals surface area (Å²) in [5.74, 6) is -0.731. The van der Waals surface area contributed by atoms with E-state index in [-0.39, 0.29) is 12.0 Å². The maximum atomic E-state index is 13.1. The van der Waals surface area contributed by atoms with Crippen molar-refractivity contribution in [2.75, 3.05) is 7.11 Å². The molecule has 0 bridgehead atoms. The van der Waals surface area contributed by atoms with Crippen LogP contribution >= 0.6 is 0 Å². The highest BCUT2D eigenvalue weighted by Gasteiger charge is 2.22. The molecule has 0 spiro atoms. The van der Waals surface area contributed by atoms with Gasteiger partial charge in [-0.05, 0) is 25.0 Å². The Morgan fingerprint density at radius 1 is 1.33 bits per heavy atom. The van der Waals surface area contributed by atoms with E-state index in [9.17, 15) is 18.4 Å². The van der Waals surface area contributed by atoms with Gasteiger partial charge in [-0.25, -0.2) is 13.6 Å². The van der Waals surface area contributed by atoms with Crippen molar-refractivity contribution in [3.63, 3.8) is 0 Å². The average molecular weight is 295 g/mol. The van der Waals surface area contributed by atoms with Crippen LogP contribution in [0.5, 0.6) is 0 Å². The van der Waals surface area contributed by atoms with Gasteiger partial charge in [-0.1, -0.05) is 0 Å². The van der Waals surface area contributed by atoms with Crippen LogP contribution < -0.4 is 5.32 Å². The van der Waals surface area contributed by atoms with Gasteiger partial charge in [0.05, 0.1) is 7.11 Å². The topological polar surface area (TPSA) is 55.4 Å². The number of methoxy groups -OCH3 is 1. The number of hydrogen-bond donors (Lipinski definition) is 1. The van der Waals surface area contributed by atoms with Crippen LogP contribution in [-0.2, 0) is 9.53 Å². The number of amides is 1. The number of rotatable bonds is 6. The minimum Gasteiger partial charge on any atom is -0.467 e. The van der Waals surface area contributed by atoms with Crippen LogP contribution in [0.4, 0.5) is 8.78 Å². The molecule has 1 rings (SSSR count). The highest BCUT2D eigenvalue weighted by atomic mass is 19.1. The van der Waals surface area contributed by atoms with Crippen molar-refractivity contribution in [2.45, 2.75) is 25.3 Å². The molecular formula is C15H15F2NO3. The van der Waals surface area contributed by atoms with E-state index < -0.39 is 29.6 Å². The van der Waals surface area contributed by atoms with Crippen LogP contribution in [0.2, 0.25) is 0 Å². The molecule has 1 N–H and O–H groups in total. The molecule has 1 atom stereocenters. The van der Waals surface area contributed by atoms with Crippen LogP contribution in [0.25, 0.3) is 0 Å². The quantitative estimate of drug-likeness (QED) is 0.496. The second-order valence-corrected chi connectivity index (χ2v) is 4.30. The predicted octanol–water partition coefficient (Wildman–Crippen LogP) is 2.04. The third-order valence-corrected chi connectivity index (χ3v) is 2.73. The number of carbonyl (C=O) groups excluding carboxylic acids is 2. The summed E-state index contributed by atoms with van der Waals surface area (Å²) >= 11 is 0. The SMILES string of the molecule is C#CCCC[C@@H](NC(=O)c1cc(F)cc(F)c1)C(=O)OC. The van der Waals surface area contributed by atoms with Gasteiger partial charge in [0, 0.05) is 18.1 Å². The number of terminal acetylenes is 1. The number of unbranched alkanes of at least 4 members (excludes halogenated alkanes) is 1. The molecule has 4 nitrogen and oxygen atoms in total. The van der Waals surface area contributed by atoms with Crippen molar-refractivity contribution in [3.8, 4) is 12.3 Å². The lowest BCUT2D eigenvalue weighted by molar-refractivity contribution is -0.143. The monoisotopic (exact) mass is 295 g/mol. The van der Waals surface area contributed by atoms with E-state index in [0.29, 0.717) is 18.9 Å².